The molecule has 0 atom stereocenters. The monoisotopic (exact) mass is 258 g/mol. The molecule has 20 heavy (non-hydrogen) atoms. The molecule has 0 radical (unpaired) electrons. The molecule has 4 rings (SSSR count). The van der Waals surface area contributed by atoms with Crippen LogP contribution in [0.5, 0.6) is 0 Å². The second kappa shape index (κ2) is 4.20. The van der Waals surface area contributed by atoms with Gasteiger partial charge in [-0.2, -0.15) is 0 Å². The van der Waals surface area contributed by atoms with Crippen molar-refractivity contribution in [1.82, 2.24) is 9.55 Å². The quantitative estimate of drug-likeness (QED) is 0.492. The van der Waals surface area contributed by atoms with Crippen molar-refractivity contribution in [3.05, 3.63) is 72.4 Å². The summed E-state index contributed by atoms with van der Waals surface area (Å²) in [4.78, 5) is 4.68. The number of hydrogen-bond acceptors (Lipinski definition) is 1. The fourth-order valence-corrected chi connectivity index (χ4v) is 2.82. The highest BCUT2D eigenvalue weighted by molar-refractivity contribution is 6.09. The molecule has 96 valence electrons. The highest BCUT2D eigenvalue weighted by Crippen LogP contribution is 2.30. The van der Waals surface area contributed by atoms with Crippen molar-refractivity contribution in [2.45, 2.75) is 6.92 Å². The van der Waals surface area contributed by atoms with Crippen LogP contribution in [0.15, 0.2) is 66.7 Å². The van der Waals surface area contributed by atoms with Gasteiger partial charge in [0.25, 0.3) is 0 Å². The predicted octanol–water partition coefficient (Wildman–Crippen LogP) is 4.49. The Morgan fingerprint density at radius 2 is 1.30 bits per heavy atom. The van der Waals surface area contributed by atoms with Gasteiger partial charge in [0, 0.05) is 16.5 Å². The largest absolute Gasteiger partial charge is 0.294 e. The van der Waals surface area contributed by atoms with Crippen LogP contribution in [0.4, 0.5) is 0 Å². The molecule has 4 aromatic rings. The van der Waals surface area contributed by atoms with E-state index in [-0.39, 0.29) is 0 Å². The molecule has 0 spiro atoms. The Morgan fingerprint density at radius 3 is 1.90 bits per heavy atom. The highest BCUT2D eigenvalue weighted by atomic mass is 15.1. The van der Waals surface area contributed by atoms with Crippen LogP contribution in [0.2, 0.25) is 0 Å². The number of rotatable bonds is 1. The average Bonchev–Trinajstić information content (AvgIpc) is 2.82. The summed E-state index contributed by atoms with van der Waals surface area (Å²) in [6.07, 6.45) is 0. The molecule has 0 bridgehead atoms. The van der Waals surface area contributed by atoms with E-state index in [0.29, 0.717) is 0 Å². The number of hydrogen-bond donors (Lipinski definition) is 0. The molecule has 0 fully saturated rings. The topological polar surface area (TPSA) is 17.8 Å². The van der Waals surface area contributed by atoms with Crippen LogP contribution in [0.1, 0.15) is 5.69 Å². The van der Waals surface area contributed by atoms with Gasteiger partial charge in [-0.1, -0.05) is 42.5 Å². The third kappa shape index (κ3) is 1.55. The first kappa shape index (κ1) is 11.2. The number of pyridine rings is 1. The molecule has 2 heterocycles. The number of fused-ring (bicyclic) bond motifs is 3. The molecule has 0 saturated heterocycles. The molecule has 2 aromatic heterocycles. The summed E-state index contributed by atoms with van der Waals surface area (Å²) in [5.74, 6) is 0.974. The fourth-order valence-electron chi connectivity index (χ4n) is 2.82. The lowest BCUT2D eigenvalue weighted by Gasteiger charge is -2.07. The third-order valence-electron chi connectivity index (χ3n) is 3.68. The van der Waals surface area contributed by atoms with Crippen LogP contribution in [0, 0.1) is 6.92 Å². The summed E-state index contributed by atoms with van der Waals surface area (Å²) in [5, 5.41) is 2.54. The SMILES string of the molecule is Cc1cccc(-n2c3ccccc3c3ccccc32)n1. The molecule has 0 unspecified atom stereocenters. The lowest BCUT2D eigenvalue weighted by molar-refractivity contribution is 1.05. The number of aromatic nitrogens is 2. The Balaban J connectivity index is 2.21. The standard InChI is InChI=1S/C18H14N2/c1-13-7-6-12-18(19-13)20-16-10-4-2-8-14(16)15-9-3-5-11-17(15)20/h2-12H,1H3. The molecule has 0 amide bonds. The first-order chi connectivity index (χ1) is 9.84. The van der Waals surface area contributed by atoms with E-state index in [2.05, 4.69) is 70.2 Å². The van der Waals surface area contributed by atoms with E-state index in [1.807, 2.05) is 13.0 Å². The zero-order valence-corrected chi connectivity index (χ0v) is 11.2. The second-order valence-corrected chi connectivity index (χ2v) is 5.01. The van der Waals surface area contributed by atoms with Gasteiger partial charge >= 0.3 is 0 Å². The van der Waals surface area contributed by atoms with Crippen molar-refractivity contribution < 1.29 is 0 Å². The van der Waals surface area contributed by atoms with Crippen molar-refractivity contribution in [1.29, 1.82) is 0 Å². The number of nitrogens with zero attached hydrogens (tertiary/aromatic N) is 2. The lowest BCUT2D eigenvalue weighted by atomic mass is 10.2. The van der Waals surface area contributed by atoms with Crippen molar-refractivity contribution >= 4 is 21.8 Å². The van der Waals surface area contributed by atoms with Crippen LogP contribution in [0.3, 0.4) is 0 Å². The Hall–Kier alpha value is -2.61. The van der Waals surface area contributed by atoms with Crippen LogP contribution < -0.4 is 0 Å². The Morgan fingerprint density at radius 1 is 0.700 bits per heavy atom. The molecule has 0 aliphatic carbocycles. The maximum Gasteiger partial charge on any atom is 0.137 e. The summed E-state index contributed by atoms with van der Waals surface area (Å²) < 4.78 is 2.23. The average molecular weight is 258 g/mol. The molecule has 2 aromatic carbocycles. The summed E-state index contributed by atoms with van der Waals surface area (Å²) in [6, 6.07) is 23.1. The molecular weight excluding hydrogens is 244 g/mol. The van der Waals surface area contributed by atoms with Crippen LogP contribution in [0.25, 0.3) is 27.6 Å². The predicted molar refractivity (Wildman–Crippen MR) is 83.3 cm³/mol. The maximum absolute atomic E-state index is 4.68. The summed E-state index contributed by atoms with van der Waals surface area (Å²) in [5.41, 5.74) is 3.43. The van der Waals surface area contributed by atoms with Gasteiger partial charge in [-0.15, -0.1) is 0 Å². The van der Waals surface area contributed by atoms with Crippen molar-refractivity contribution in [3.8, 4) is 5.82 Å². The highest BCUT2D eigenvalue weighted by Gasteiger charge is 2.11. The lowest BCUT2D eigenvalue weighted by Crippen LogP contribution is -1.97. The van der Waals surface area contributed by atoms with E-state index in [0.717, 1.165) is 11.5 Å². The van der Waals surface area contributed by atoms with Crippen molar-refractivity contribution in [3.63, 3.8) is 0 Å². The van der Waals surface area contributed by atoms with E-state index in [4.69, 9.17) is 0 Å². The third-order valence-corrected chi connectivity index (χ3v) is 3.68. The molecule has 2 heteroatoms. The number of aryl methyl sites for hydroxylation is 1. The summed E-state index contributed by atoms with van der Waals surface area (Å²) in [6.45, 7) is 2.03. The van der Waals surface area contributed by atoms with Gasteiger partial charge in [-0.3, -0.25) is 4.57 Å². The van der Waals surface area contributed by atoms with Gasteiger partial charge in [-0.25, -0.2) is 4.98 Å². The normalized spacial score (nSPS) is 11.2. The van der Waals surface area contributed by atoms with Gasteiger partial charge < -0.3 is 0 Å². The van der Waals surface area contributed by atoms with Gasteiger partial charge in [0.2, 0.25) is 0 Å². The van der Waals surface area contributed by atoms with E-state index < -0.39 is 0 Å². The Kier molecular flexibility index (Phi) is 2.36. The molecule has 2 nitrogen and oxygen atoms in total. The van der Waals surface area contributed by atoms with Crippen LogP contribution in [-0.4, -0.2) is 9.55 Å². The van der Waals surface area contributed by atoms with E-state index in [9.17, 15) is 0 Å². The smallest absolute Gasteiger partial charge is 0.137 e. The molecule has 0 N–H and O–H groups in total. The summed E-state index contributed by atoms with van der Waals surface area (Å²) in [7, 11) is 0. The van der Waals surface area contributed by atoms with E-state index in [1.165, 1.54) is 21.8 Å². The first-order valence-corrected chi connectivity index (χ1v) is 6.77. The van der Waals surface area contributed by atoms with Crippen LogP contribution in [-0.2, 0) is 0 Å². The first-order valence-electron chi connectivity index (χ1n) is 6.77. The summed E-state index contributed by atoms with van der Waals surface area (Å²) >= 11 is 0. The Labute approximate surface area is 117 Å². The number of benzene rings is 2. The minimum absolute atomic E-state index is 0.974. The molecule has 0 aliphatic rings. The van der Waals surface area contributed by atoms with Crippen molar-refractivity contribution in [2.24, 2.45) is 0 Å². The van der Waals surface area contributed by atoms with Gasteiger partial charge in [0.15, 0.2) is 0 Å². The van der Waals surface area contributed by atoms with Crippen molar-refractivity contribution in [2.75, 3.05) is 0 Å². The van der Waals surface area contributed by atoms with Crippen LogP contribution >= 0.6 is 0 Å². The minimum atomic E-state index is 0.974. The van der Waals surface area contributed by atoms with Gasteiger partial charge in [0.05, 0.1) is 11.0 Å². The maximum atomic E-state index is 4.68. The van der Waals surface area contributed by atoms with E-state index in [1.54, 1.807) is 0 Å². The molecular formula is C18H14N2. The Bertz CT molecular complexity index is 866. The zero-order chi connectivity index (χ0) is 13.5. The molecule has 0 aliphatic heterocycles. The minimum Gasteiger partial charge on any atom is -0.294 e. The number of para-hydroxylation sites is 2. The van der Waals surface area contributed by atoms with Gasteiger partial charge in [0.1, 0.15) is 5.82 Å². The zero-order valence-electron chi connectivity index (χ0n) is 11.2. The fraction of sp³-hybridized carbons (Fsp3) is 0.0556. The second-order valence-electron chi connectivity index (χ2n) is 5.01. The van der Waals surface area contributed by atoms with E-state index >= 15 is 0 Å². The van der Waals surface area contributed by atoms with Gasteiger partial charge in [-0.05, 0) is 31.2 Å². The molecule has 0 saturated carbocycles.